The van der Waals surface area contributed by atoms with Crippen molar-refractivity contribution in [2.45, 2.75) is 0 Å². The topological polar surface area (TPSA) is 13.1 Å². The van der Waals surface area contributed by atoms with Crippen molar-refractivity contribution in [3.05, 3.63) is 218 Å². The molecule has 0 aliphatic rings. The summed E-state index contributed by atoms with van der Waals surface area (Å²) in [7, 11) is 0. The molecule has 0 radical (unpaired) electrons. The highest BCUT2D eigenvalue weighted by molar-refractivity contribution is 7.26. The molecular formula is C58H36OS. The summed E-state index contributed by atoms with van der Waals surface area (Å²) in [6.45, 7) is 0. The Bertz CT molecular complexity index is 3280. The zero-order valence-corrected chi connectivity index (χ0v) is 33.4. The molecular weight excluding hydrogens is 745 g/mol. The van der Waals surface area contributed by atoms with Crippen LogP contribution in [0.2, 0.25) is 0 Å². The molecule has 0 atom stereocenters. The second-order valence-corrected chi connectivity index (χ2v) is 16.7. The summed E-state index contributed by atoms with van der Waals surface area (Å²) in [5, 5.41) is 7.26. The second kappa shape index (κ2) is 14.1. The third-order valence-corrected chi connectivity index (χ3v) is 13.4. The number of hydrogen-bond donors (Lipinski definition) is 0. The van der Waals surface area contributed by atoms with Gasteiger partial charge in [0.1, 0.15) is 11.2 Å². The predicted octanol–water partition coefficient (Wildman–Crippen LogP) is 17.1. The number of fused-ring (bicyclic) bond motifs is 9. The fourth-order valence-electron chi connectivity index (χ4n) is 8.91. The van der Waals surface area contributed by atoms with Crippen LogP contribution in [0.5, 0.6) is 0 Å². The van der Waals surface area contributed by atoms with Crippen molar-refractivity contribution in [2.24, 2.45) is 0 Å². The number of thiophene rings is 1. The van der Waals surface area contributed by atoms with E-state index in [1.54, 1.807) is 0 Å². The van der Waals surface area contributed by atoms with E-state index in [0.29, 0.717) is 0 Å². The third kappa shape index (κ3) is 5.92. The molecule has 0 fully saturated rings. The van der Waals surface area contributed by atoms with Crippen molar-refractivity contribution in [2.75, 3.05) is 0 Å². The standard InChI is InChI=1S/C58H36OS/c1-3-7-37(8-4-1)39-11-15-41(16-12-39)43-19-23-45(24-20-43)47-27-29-49-51-31-34-54-52(57(51)59-55(49)35-47)32-33-53-50-30-28-48(36-56(50)60-58(53)54)46-25-21-44(22-26-46)42-17-13-40(14-18-42)38-9-5-2-6-10-38/h1-36H. The van der Waals surface area contributed by atoms with E-state index in [2.05, 4.69) is 218 Å². The van der Waals surface area contributed by atoms with Gasteiger partial charge in [0.15, 0.2) is 0 Å². The van der Waals surface area contributed by atoms with Crippen LogP contribution in [0, 0.1) is 0 Å². The average Bonchev–Trinajstić information content (AvgIpc) is 3.90. The molecule has 60 heavy (non-hydrogen) atoms. The van der Waals surface area contributed by atoms with E-state index < -0.39 is 0 Å². The normalized spacial score (nSPS) is 11.7. The molecule has 2 heteroatoms. The molecule has 0 aliphatic heterocycles. The summed E-state index contributed by atoms with van der Waals surface area (Å²) in [5.74, 6) is 0. The van der Waals surface area contributed by atoms with Crippen LogP contribution < -0.4 is 0 Å². The third-order valence-electron chi connectivity index (χ3n) is 12.2. The lowest BCUT2D eigenvalue weighted by atomic mass is 9.97. The minimum Gasteiger partial charge on any atom is -0.455 e. The Hall–Kier alpha value is -7.52. The van der Waals surface area contributed by atoms with Crippen LogP contribution in [0.1, 0.15) is 0 Å². The summed E-state index contributed by atoms with van der Waals surface area (Å²) < 4.78 is 9.33. The van der Waals surface area contributed by atoms with Crippen molar-refractivity contribution < 1.29 is 4.42 Å². The van der Waals surface area contributed by atoms with Crippen LogP contribution in [-0.4, -0.2) is 0 Å². The van der Waals surface area contributed by atoms with Crippen molar-refractivity contribution in [1.82, 2.24) is 0 Å². The van der Waals surface area contributed by atoms with Crippen LogP contribution >= 0.6 is 11.3 Å². The van der Waals surface area contributed by atoms with Gasteiger partial charge >= 0.3 is 0 Å². The van der Waals surface area contributed by atoms with E-state index in [4.69, 9.17) is 4.42 Å². The first-order valence-electron chi connectivity index (χ1n) is 20.5. The lowest BCUT2D eigenvalue weighted by Gasteiger charge is -2.07. The lowest BCUT2D eigenvalue weighted by Crippen LogP contribution is -1.82. The number of hydrogen-bond acceptors (Lipinski definition) is 2. The van der Waals surface area contributed by atoms with Crippen LogP contribution in [0.25, 0.3) is 120 Å². The van der Waals surface area contributed by atoms with Gasteiger partial charge in [0.05, 0.1) is 0 Å². The van der Waals surface area contributed by atoms with Crippen LogP contribution in [-0.2, 0) is 0 Å². The lowest BCUT2D eigenvalue weighted by molar-refractivity contribution is 0.673. The second-order valence-electron chi connectivity index (χ2n) is 15.6. The Kier molecular flexibility index (Phi) is 8.11. The van der Waals surface area contributed by atoms with Crippen LogP contribution in [0.4, 0.5) is 0 Å². The Labute approximate surface area is 352 Å². The van der Waals surface area contributed by atoms with Gasteiger partial charge in [0.2, 0.25) is 0 Å². The van der Waals surface area contributed by atoms with Crippen molar-refractivity contribution in [3.8, 4) is 66.8 Å². The molecule has 0 unspecified atom stereocenters. The number of rotatable bonds is 6. The molecule has 0 amide bonds. The van der Waals surface area contributed by atoms with E-state index >= 15 is 0 Å². The summed E-state index contributed by atoms with van der Waals surface area (Å²) in [4.78, 5) is 0. The molecule has 2 aromatic heterocycles. The van der Waals surface area contributed by atoms with E-state index in [1.807, 2.05) is 11.3 Å². The predicted molar refractivity (Wildman–Crippen MR) is 257 cm³/mol. The molecule has 2 heterocycles. The smallest absolute Gasteiger partial charge is 0.143 e. The van der Waals surface area contributed by atoms with Gasteiger partial charge < -0.3 is 4.42 Å². The van der Waals surface area contributed by atoms with Gasteiger partial charge in [-0.05, 0) is 97.1 Å². The Morgan fingerprint density at radius 3 is 1.03 bits per heavy atom. The fraction of sp³-hybridized carbons (Fsp3) is 0. The van der Waals surface area contributed by atoms with Gasteiger partial charge in [-0.1, -0.05) is 188 Å². The van der Waals surface area contributed by atoms with E-state index in [1.165, 1.54) is 86.8 Å². The Morgan fingerprint density at radius 1 is 0.250 bits per heavy atom. The zero-order valence-electron chi connectivity index (χ0n) is 32.6. The van der Waals surface area contributed by atoms with Gasteiger partial charge in [0, 0.05) is 41.7 Å². The first kappa shape index (κ1) is 34.5. The van der Waals surface area contributed by atoms with Gasteiger partial charge in [0.25, 0.3) is 0 Å². The highest BCUT2D eigenvalue weighted by atomic mass is 32.1. The number of benzene rings is 10. The maximum atomic E-state index is 6.74. The molecule has 0 aliphatic carbocycles. The van der Waals surface area contributed by atoms with Crippen LogP contribution in [0.3, 0.4) is 0 Å². The van der Waals surface area contributed by atoms with Crippen molar-refractivity contribution in [3.63, 3.8) is 0 Å². The van der Waals surface area contributed by atoms with Crippen molar-refractivity contribution in [1.29, 1.82) is 0 Å². The SMILES string of the molecule is c1ccc(-c2ccc(-c3ccc(-c4ccc5c(c4)oc4c5ccc5c4ccc4c6ccc(-c7ccc(-c8ccc(-c9ccccc9)cc8)cc7)cc6sc45)cc3)cc2)cc1. The highest BCUT2D eigenvalue weighted by Crippen LogP contribution is 2.44. The summed E-state index contributed by atoms with van der Waals surface area (Å²) in [5.41, 5.74) is 16.4. The maximum Gasteiger partial charge on any atom is 0.143 e. The van der Waals surface area contributed by atoms with Gasteiger partial charge in [-0.15, -0.1) is 11.3 Å². The largest absolute Gasteiger partial charge is 0.455 e. The van der Waals surface area contributed by atoms with Gasteiger partial charge in [-0.3, -0.25) is 0 Å². The molecule has 0 saturated heterocycles. The minimum absolute atomic E-state index is 0.909. The molecule has 0 bridgehead atoms. The first-order valence-corrected chi connectivity index (χ1v) is 21.3. The fourth-order valence-corrected chi connectivity index (χ4v) is 10.2. The molecule has 10 aromatic carbocycles. The van der Waals surface area contributed by atoms with E-state index in [9.17, 15) is 0 Å². The monoisotopic (exact) mass is 780 g/mol. The van der Waals surface area contributed by atoms with Crippen LogP contribution in [0.15, 0.2) is 223 Å². The Morgan fingerprint density at radius 2 is 0.567 bits per heavy atom. The molecule has 12 rings (SSSR count). The van der Waals surface area contributed by atoms with Gasteiger partial charge in [-0.25, -0.2) is 0 Å². The summed E-state index contributed by atoms with van der Waals surface area (Å²) in [6, 6.07) is 79.1. The highest BCUT2D eigenvalue weighted by Gasteiger charge is 2.16. The molecule has 280 valence electrons. The molecule has 1 nitrogen and oxygen atoms in total. The Balaban J connectivity index is 0.830. The van der Waals surface area contributed by atoms with Gasteiger partial charge in [-0.2, -0.15) is 0 Å². The molecule has 12 aromatic rings. The zero-order chi connectivity index (χ0) is 39.6. The molecule has 0 spiro atoms. The summed E-state index contributed by atoms with van der Waals surface area (Å²) >= 11 is 1.87. The van der Waals surface area contributed by atoms with Crippen molar-refractivity contribution >= 4 is 64.2 Å². The molecule has 0 N–H and O–H groups in total. The minimum atomic E-state index is 0.909. The quantitative estimate of drug-likeness (QED) is 0.164. The molecule has 0 saturated carbocycles. The number of furan rings is 1. The average molecular weight is 781 g/mol. The maximum absolute atomic E-state index is 6.74. The van der Waals surface area contributed by atoms with E-state index in [0.717, 1.165) is 32.9 Å². The van der Waals surface area contributed by atoms with E-state index in [-0.39, 0.29) is 0 Å². The summed E-state index contributed by atoms with van der Waals surface area (Å²) in [6.07, 6.45) is 0. The first-order chi connectivity index (χ1) is 29.7.